The molecule has 2 atom stereocenters. The molecule has 3 rings (SSSR count). The van der Waals surface area contributed by atoms with Gasteiger partial charge in [-0.1, -0.05) is 69.7 Å². The maximum absolute atomic E-state index is 6.26. The molecule has 2 unspecified atom stereocenters. The van der Waals surface area contributed by atoms with Gasteiger partial charge < -0.3 is 4.74 Å². The molecule has 0 radical (unpaired) electrons. The van der Waals surface area contributed by atoms with Gasteiger partial charge in [0.1, 0.15) is 6.10 Å². The van der Waals surface area contributed by atoms with Crippen molar-refractivity contribution < 1.29 is 4.74 Å². The summed E-state index contributed by atoms with van der Waals surface area (Å²) >= 11 is 0. The third-order valence-electron chi connectivity index (χ3n) is 6.24. The monoisotopic (exact) mass is 403 g/mol. The van der Waals surface area contributed by atoms with Gasteiger partial charge in [0.15, 0.2) is 0 Å². The normalized spacial score (nSPS) is 17.3. The molecule has 0 saturated carbocycles. The average molecular weight is 404 g/mol. The molecule has 0 spiro atoms. The first-order valence-electron chi connectivity index (χ1n) is 11.7. The third kappa shape index (κ3) is 5.84. The fourth-order valence-corrected chi connectivity index (χ4v) is 4.41. The van der Waals surface area contributed by atoms with Crippen LogP contribution in [0.3, 0.4) is 0 Å². The van der Waals surface area contributed by atoms with Crippen LogP contribution >= 0.6 is 0 Å². The Labute approximate surface area is 183 Å². The maximum Gasteiger partial charge on any atom is 0.213 e. The molecule has 160 valence electrons. The smallest absolute Gasteiger partial charge is 0.213 e. The van der Waals surface area contributed by atoms with Crippen LogP contribution in [0, 0.1) is 6.92 Å². The second-order valence-corrected chi connectivity index (χ2v) is 8.40. The molecule has 0 aliphatic heterocycles. The zero-order chi connectivity index (χ0) is 21.3. The van der Waals surface area contributed by atoms with E-state index < -0.39 is 0 Å². The number of aromatic nitrogens is 1. The fraction of sp³-hybridized carbons (Fsp3) is 0.464. The highest BCUT2D eigenvalue weighted by Crippen LogP contribution is 2.35. The maximum atomic E-state index is 6.26. The predicted octanol–water partition coefficient (Wildman–Crippen LogP) is 7.73. The molecule has 1 aromatic carbocycles. The zero-order valence-electron chi connectivity index (χ0n) is 19.2. The fourth-order valence-electron chi connectivity index (χ4n) is 4.41. The van der Waals surface area contributed by atoms with Gasteiger partial charge in [0, 0.05) is 18.2 Å². The molecule has 1 aliphatic carbocycles. The first-order valence-corrected chi connectivity index (χ1v) is 11.7. The van der Waals surface area contributed by atoms with Crippen molar-refractivity contribution in [3.8, 4) is 5.88 Å². The number of nitrogens with zero attached hydrogens (tertiary/aromatic N) is 1. The Hall–Kier alpha value is -2.35. The van der Waals surface area contributed by atoms with Gasteiger partial charge in [-0.25, -0.2) is 4.98 Å². The molecule has 2 heteroatoms. The quantitative estimate of drug-likeness (QED) is 0.405. The number of hydrogen-bond acceptors (Lipinski definition) is 2. The van der Waals surface area contributed by atoms with E-state index in [1.165, 1.54) is 27.8 Å². The molecular formula is C28H37NO. The molecule has 1 aliphatic rings. The van der Waals surface area contributed by atoms with Crippen molar-refractivity contribution in [1.82, 2.24) is 4.98 Å². The highest BCUT2D eigenvalue weighted by molar-refractivity contribution is 5.42. The minimum atomic E-state index is 0.225. The number of benzene rings is 1. The number of ether oxygens (including phenoxy) is 1. The van der Waals surface area contributed by atoms with Crippen molar-refractivity contribution >= 4 is 0 Å². The Balaban J connectivity index is 1.63. The van der Waals surface area contributed by atoms with Crippen LogP contribution in [0.4, 0.5) is 0 Å². The molecule has 0 amide bonds. The van der Waals surface area contributed by atoms with Crippen LogP contribution in [-0.2, 0) is 6.42 Å². The summed E-state index contributed by atoms with van der Waals surface area (Å²) in [6.07, 6.45) is 14.7. The lowest BCUT2D eigenvalue weighted by Gasteiger charge is -2.25. The van der Waals surface area contributed by atoms with Crippen LogP contribution in [0.5, 0.6) is 5.88 Å². The number of rotatable bonds is 10. The lowest BCUT2D eigenvalue weighted by molar-refractivity contribution is 0.172. The van der Waals surface area contributed by atoms with Gasteiger partial charge >= 0.3 is 0 Å². The van der Waals surface area contributed by atoms with E-state index in [9.17, 15) is 0 Å². The highest BCUT2D eigenvalue weighted by Gasteiger charge is 2.19. The van der Waals surface area contributed by atoms with Crippen molar-refractivity contribution in [2.75, 3.05) is 0 Å². The summed E-state index contributed by atoms with van der Waals surface area (Å²) in [5.74, 6) is 1.27. The molecule has 1 aromatic heterocycles. The van der Waals surface area contributed by atoms with Gasteiger partial charge in [-0.3, -0.25) is 0 Å². The summed E-state index contributed by atoms with van der Waals surface area (Å²) in [6.45, 7) is 8.88. The largest absolute Gasteiger partial charge is 0.474 e. The predicted molar refractivity (Wildman–Crippen MR) is 127 cm³/mol. The number of hydrogen-bond donors (Lipinski definition) is 0. The average Bonchev–Trinajstić information content (AvgIpc) is 2.78. The highest BCUT2D eigenvalue weighted by atomic mass is 16.5. The first-order chi connectivity index (χ1) is 14.6. The van der Waals surface area contributed by atoms with Crippen molar-refractivity contribution in [1.29, 1.82) is 0 Å². The van der Waals surface area contributed by atoms with E-state index >= 15 is 0 Å². The molecule has 0 fully saturated rings. The van der Waals surface area contributed by atoms with Crippen LogP contribution in [0.2, 0.25) is 0 Å². The number of aryl methyl sites for hydroxylation is 2. The summed E-state index contributed by atoms with van der Waals surface area (Å²) in [5.41, 5.74) is 7.13. The topological polar surface area (TPSA) is 22.1 Å². The Morgan fingerprint density at radius 2 is 1.83 bits per heavy atom. The summed E-state index contributed by atoms with van der Waals surface area (Å²) in [6, 6.07) is 12.9. The molecular weight excluding hydrogens is 366 g/mol. The van der Waals surface area contributed by atoms with Gasteiger partial charge in [-0.2, -0.15) is 0 Å². The molecule has 30 heavy (non-hydrogen) atoms. The van der Waals surface area contributed by atoms with Gasteiger partial charge in [0.05, 0.1) is 0 Å². The standard InChI is InChI=1S/C28H37NO/c1-5-10-26(30-28-18-13-22(6-2)20-29-28)17-16-24-14-15-25(19-23(24)7-3)27-12-9-8-11-21(27)4/h8-9,11-14,18-20,25-26H,5-7,10,15-17H2,1-4H3. The lowest BCUT2D eigenvalue weighted by atomic mass is 9.82. The van der Waals surface area contributed by atoms with Gasteiger partial charge in [0.2, 0.25) is 5.88 Å². The summed E-state index contributed by atoms with van der Waals surface area (Å²) < 4.78 is 6.26. The molecule has 2 aromatic rings. The van der Waals surface area contributed by atoms with Crippen molar-refractivity contribution in [3.63, 3.8) is 0 Å². The van der Waals surface area contributed by atoms with Crippen LogP contribution in [0.1, 0.15) is 81.9 Å². The second-order valence-electron chi connectivity index (χ2n) is 8.40. The summed E-state index contributed by atoms with van der Waals surface area (Å²) in [4.78, 5) is 4.50. The van der Waals surface area contributed by atoms with E-state index in [1.54, 1.807) is 0 Å². The van der Waals surface area contributed by atoms with E-state index in [2.05, 4.69) is 75.2 Å². The van der Waals surface area contributed by atoms with E-state index in [4.69, 9.17) is 4.74 Å². The van der Waals surface area contributed by atoms with Crippen LogP contribution in [0.25, 0.3) is 0 Å². The molecule has 1 heterocycles. The van der Waals surface area contributed by atoms with E-state index in [0.29, 0.717) is 5.92 Å². The molecule has 2 nitrogen and oxygen atoms in total. The van der Waals surface area contributed by atoms with Crippen LogP contribution < -0.4 is 4.74 Å². The molecule has 0 bridgehead atoms. The van der Waals surface area contributed by atoms with E-state index in [-0.39, 0.29) is 6.10 Å². The van der Waals surface area contributed by atoms with E-state index in [1.807, 2.05) is 12.3 Å². The summed E-state index contributed by atoms with van der Waals surface area (Å²) in [5, 5.41) is 0. The lowest BCUT2D eigenvalue weighted by Crippen LogP contribution is -2.18. The Morgan fingerprint density at radius 3 is 2.50 bits per heavy atom. The number of pyridine rings is 1. The van der Waals surface area contributed by atoms with Crippen LogP contribution in [0.15, 0.2) is 65.9 Å². The van der Waals surface area contributed by atoms with Gasteiger partial charge in [-0.15, -0.1) is 0 Å². The van der Waals surface area contributed by atoms with E-state index in [0.717, 1.165) is 50.8 Å². The van der Waals surface area contributed by atoms with Crippen molar-refractivity contribution in [2.24, 2.45) is 0 Å². The van der Waals surface area contributed by atoms with Gasteiger partial charge in [-0.05, 0) is 73.3 Å². The Morgan fingerprint density at radius 1 is 1.00 bits per heavy atom. The number of allylic oxidation sites excluding steroid dienone is 4. The molecule has 0 N–H and O–H groups in total. The Bertz CT molecular complexity index is 862. The van der Waals surface area contributed by atoms with Crippen molar-refractivity contribution in [3.05, 3.63) is 82.6 Å². The van der Waals surface area contributed by atoms with Crippen molar-refractivity contribution in [2.45, 2.75) is 84.7 Å². The summed E-state index contributed by atoms with van der Waals surface area (Å²) in [7, 11) is 0. The minimum Gasteiger partial charge on any atom is -0.474 e. The SMILES string of the molecule is CCCC(CCC1=CCC(c2ccccc2C)C=C1CC)Oc1ccc(CC)cn1. The van der Waals surface area contributed by atoms with Gasteiger partial charge in [0.25, 0.3) is 0 Å². The van der Waals surface area contributed by atoms with Crippen LogP contribution in [-0.4, -0.2) is 11.1 Å². The third-order valence-corrected chi connectivity index (χ3v) is 6.24. The Kier molecular flexibility index (Phi) is 8.30. The second kappa shape index (κ2) is 11.2. The molecule has 0 saturated heterocycles. The zero-order valence-corrected chi connectivity index (χ0v) is 19.2. The first kappa shape index (κ1) is 22.3. The minimum absolute atomic E-state index is 0.225.